The highest BCUT2D eigenvalue weighted by Crippen LogP contribution is 2.30. The van der Waals surface area contributed by atoms with Crippen molar-refractivity contribution in [3.63, 3.8) is 0 Å². The lowest BCUT2D eigenvalue weighted by Gasteiger charge is -2.12. The molecule has 0 aliphatic rings. The van der Waals surface area contributed by atoms with Gasteiger partial charge in [-0.2, -0.15) is 4.98 Å². The maximum absolute atomic E-state index is 6.05. The summed E-state index contributed by atoms with van der Waals surface area (Å²) in [7, 11) is 0. The van der Waals surface area contributed by atoms with E-state index in [9.17, 15) is 0 Å². The predicted molar refractivity (Wildman–Crippen MR) is 88.7 cm³/mol. The Labute approximate surface area is 132 Å². The quantitative estimate of drug-likeness (QED) is 0.733. The zero-order valence-corrected chi connectivity index (χ0v) is 13.5. The van der Waals surface area contributed by atoms with E-state index in [0.29, 0.717) is 11.7 Å². The average molecular weight is 344 g/mol. The molecule has 0 atom stereocenters. The third-order valence-corrected chi connectivity index (χ3v) is 3.87. The summed E-state index contributed by atoms with van der Waals surface area (Å²) >= 11 is 3.51. The van der Waals surface area contributed by atoms with E-state index in [1.807, 2.05) is 31.3 Å². The summed E-state index contributed by atoms with van der Waals surface area (Å²) in [6.45, 7) is 3.95. The van der Waals surface area contributed by atoms with Crippen molar-refractivity contribution in [2.45, 2.75) is 20.1 Å². The summed E-state index contributed by atoms with van der Waals surface area (Å²) in [5.41, 5.74) is 2.04. The van der Waals surface area contributed by atoms with Gasteiger partial charge in [0.1, 0.15) is 11.5 Å². The number of nitrogens with zero attached hydrogens (tertiary/aromatic N) is 2. The fraction of sp³-hybridized carbons (Fsp3) is 0.200. The molecule has 2 heterocycles. The van der Waals surface area contributed by atoms with Crippen LogP contribution in [0.4, 0.5) is 0 Å². The van der Waals surface area contributed by atoms with Gasteiger partial charge in [-0.3, -0.25) is 0 Å². The number of H-pyrrole nitrogens is 1. The topological polar surface area (TPSA) is 50.8 Å². The highest BCUT2D eigenvalue weighted by molar-refractivity contribution is 9.10. The Morgan fingerprint density at radius 2 is 2.00 bits per heavy atom. The molecule has 0 saturated heterocycles. The molecule has 0 radical (unpaired) electrons. The van der Waals surface area contributed by atoms with E-state index in [2.05, 4.69) is 49.8 Å². The number of rotatable bonds is 4. The van der Waals surface area contributed by atoms with Gasteiger partial charge >= 0.3 is 6.92 Å². The van der Waals surface area contributed by atoms with Gasteiger partial charge in [0.25, 0.3) is 0 Å². The molecule has 0 amide bonds. The Morgan fingerprint density at radius 3 is 2.76 bits per heavy atom. The van der Waals surface area contributed by atoms with Crippen LogP contribution < -0.4 is 4.65 Å². The molecule has 0 bridgehead atoms. The fourth-order valence-electron chi connectivity index (χ4n) is 2.33. The van der Waals surface area contributed by atoms with Crippen molar-refractivity contribution in [3.8, 4) is 5.88 Å². The van der Waals surface area contributed by atoms with Crippen LogP contribution in [0.5, 0.6) is 5.88 Å². The van der Waals surface area contributed by atoms with Crippen LogP contribution in [0.25, 0.3) is 11.0 Å². The number of aromatic nitrogens is 3. The number of fused-ring (bicyclic) bond motifs is 1. The molecule has 0 unspecified atom stereocenters. The Morgan fingerprint density at radius 1 is 1.24 bits per heavy atom. The molecule has 6 heteroatoms. The Bertz CT molecular complexity index is 760. The molecular formula is C15H15BBrN3O. The zero-order valence-electron chi connectivity index (χ0n) is 11.9. The number of nitrogens with one attached hydrogen (secondary N) is 1. The zero-order chi connectivity index (χ0) is 14.8. The van der Waals surface area contributed by atoms with Gasteiger partial charge in [-0.05, 0) is 36.0 Å². The van der Waals surface area contributed by atoms with Gasteiger partial charge in [0.05, 0.1) is 5.39 Å². The van der Waals surface area contributed by atoms with E-state index in [1.54, 1.807) is 0 Å². The van der Waals surface area contributed by atoms with Gasteiger partial charge in [0.15, 0.2) is 0 Å². The Kier molecular flexibility index (Phi) is 3.97. The van der Waals surface area contributed by atoms with Crippen LogP contribution in [0.2, 0.25) is 6.82 Å². The van der Waals surface area contributed by atoms with Crippen molar-refractivity contribution in [1.29, 1.82) is 0 Å². The summed E-state index contributed by atoms with van der Waals surface area (Å²) in [6.07, 6.45) is 2.70. The van der Waals surface area contributed by atoms with Gasteiger partial charge in [-0.1, -0.05) is 35.9 Å². The van der Waals surface area contributed by atoms with Crippen molar-refractivity contribution >= 4 is 33.9 Å². The number of benzene rings is 1. The maximum atomic E-state index is 6.05. The van der Waals surface area contributed by atoms with Gasteiger partial charge in [-0.25, -0.2) is 4.98 Å². The molecule has 21 heavy (non-hydrogen) atoms. The lowest BCUT2D eigenvalue weighted by Crippen LogP contribution is -2.22. The lowest BCUT2D eigenvalue weighted by molar-refractivity contribution is 0.550. The van der Waals surface area contributed by atoms with Crippen LogP contribution >= 0.6 is 15.9 Å². The normalized spacial score (nSPS) is 10.8. The lowest BCUT2D eigenvalue weighted by atomic mass is 9.65. The summed E-state index contributed by atoms with van der Waals surface area (Å²) in [4.78, 5) is 11.9. The molecule has 4 nitrogen and oxygen atoms in total. The van der Waals surface area contributed by atoms with Crippen LogP contribution in [0.1, 0.15) is 11.4 Å². The summed E-state index contributed by atoms with van der Waals surface area (Å²) < 4.78 is 6.97. The van der Waals surface area contributed by atoms with E-state index in [0.717, 1.165) is 21.8 Å². The van der Waals surface area contributed by atoms with Crippen molar-refractivity contribution in [3.05, 3.63) is 52.4 Å². The van der Waals surface area contributed by atoms with Gasteiger partial charge in [-0.15, -0.1) is 0 Å². The molecule has 0 saturated carbocycles. The number of hydrogen-bond acceptors (Lipinski definition) is 3. The van der Waals surface area contributed by atoms with Crippen molar-refractivity contribution < 1.29 is 4.65 Å². The third kappa shape index (κ3) is 3.10. The highest BCUT2D eigenvalue weighted by atomic mass is 79.9. The molecule has 0 aliphatic carbocycles. The predicted octanol–water partition coefficient (Wildman–Crippen LogP) is 3.81. The molecule has 0 aliphatic heterocycles. The van der Waals surface area contributed by atoms with Crippen molar-refractivity contribution in [2.24, 2.45) is 0 Å². The van der Waals surface area contributed by atoms with Crippen molar-refractivity contribution in [1.82, 2.24) is 15.0 Å². The summed E-state index contributed by atoms with van der Waals surface area (Å²) in [5.74, 6) is 1.31. The minimum atomic E-state index is 0.0340. The minimum Gasteiger partial charge on any atom is -0.547 e. The average Bonchev–Trinajstić information content (AvgIpc) is 2.81. The molecule has 0 fully saturated rings. The van der Waals surface area contributed by atoms with E-state index in [1.165, 1.54) is 5.56 Å². The van der Waals surface area contributed by atoms with Crippen LogP contribution in [0.15, 0.2) is 41.0 Å². The first-order valence-corrected chi connectivity index (χ1v) is 7.64. The Balaban J connectivity index is 1.85. The third-order valence-electron chi connectivity index (χ3n) is 3.24. The fourth-order valence-corrected chi connectivity index (χ4v) is 2.81. The van der Waals surface area contributed by atoms with Crippen LogP contribution in [0.3, 0.4) is 0 Å². The first kappa shape index (κ1) is 14.1. The number of hydrogen-bond donors (Lipinski definition) is 1. The van der Waals surface area contributed by atoms with E-state index in [4.69, 9.17) is 4.65 Å². The van der Waals surface area contributed by atoms with Gasteiger partial charge in [0, 0.05) is 10.7 Å². The molecule has 1 N–H and O–H groups in total. The SMILES string of the molecule is CB(Cc1ccccc1)Oc1nc(C)nc2[nH]cc(Br)c12. The number of halogens is 1. The number of aryl methyl sites for hydroxylation is 1. The molecule has 3 rings (SSSR count). The minimum absolute atomic E-state index is 0.0340. The van der Waals surface area contributed by atoms with Crippen molar-refractivity contribution in [2.75, 3.05) is 0 Å². The van der Waals surface area contributed by atoms with Crippen LogP contribution in [-0.2, 0) is 6.32 Å². The highest BCUT2D eigenvalue weighted by Gasteiger charge is 2.17. The van der Waals surface area contributed by atoms with Crippen LogP contribution in [0, 0.1) is 6.92 Å². The monoisotopic (exact) mass is 343 g/mol. The molecular weight excluding hydrogens is 329 g/mol. The molecule has 1 aromatic carbocycles. The van der Waals surface area contributed by atoms with E-state index >= 15 is 0 Å². The summed E-state index contributed by atoms with van der Waals surface area (Å²) in [6, 6.07) is 10.3. The second-order valence-electron chi connectivity index (χ2n) is 5.05. The van der Waals surface area contributed by atoms with E-state index < -0.39 is 0 Å². The standard InChI is InChI=1S/C15H15BBrN3O/c1-10-19-14-13(12(17)9-18-14)15(20-10)21-16(2)8-11-6-4-3-5-7-11/h3-7,9H,8H2,1-2H3,(H,18,19,20). The summed E-state index contributed by atoms with van der Waals surface area (Å²) in [5, 5.41) is 0.889. The molecule has 106 valence electrons. The van der Waals surface area contributed by atoms with Crippen LogP contribution in [-0.4, -0.2) is 21.9 Å². The molecule has 3 aromatic rings. The second kappa shape index (κ2) is 5.89. The second-order valence-corrected chi connectivity index (χ2v) is 5.91. The molecule has 0 spiro atoms. The maximum Gasteiger partial charge on any atom is 0.361 e. The largest absolute Gasteiger partial charge is 0.547 e. The van der Waals surface area contributed by atoms with Gasteiger partial charge < -0.3 is 9.64 Å². The first-order chi connectivity index (χ1) is 10.1. The van der Waals surface area contributed by atoms with Gasteiger partial charge in [0.2, 0.25) is 5.88 Å². The first-order valence-electron chi connectivity index (χ1n) is 6.85. The smallest absolute Gasteiger partial charge is 0.361 e. The Hall–Kier alpha value is -1.82. The van der Waals surface area contributed by atoms with E-state index in [-0.39, 0.29) is 6.92 Å². The molecule has 2 aromatic heterocycles. The number of aromatic amines is 1.